The fraction of sp³-hybridized carbons (Fsp3) is 0.294. The number of piperidine rings is 1. The summed E-state index contributed by atoms with van der Waals surface area (Å²) in [6, 6.07) is 8.20. The number of hydrogen-bond acceptors (Lipinski definition) is 4. The van der Waals surface area contributed by atoms with Crippen LogP contribution >= 0.6 is 11.6 Å². The highest BCUT2D eigenvalue weighted by atomic mass is 35.5. The topological polar surface area (TPSA) is 71.8 Å². The highest BCUT2D eigenvalue weighted by Crippen LogP contribution is 2.30. The van der Waals surface area contributed by atoms with Gasteiger partial charge in [-0.3, -0.25) is 4.79 Å². The number of fused-ring (bicyclic) bond motifs is 3. The molecule has 0 spiro atoms. The molecule has 130 valence electrons. The second-order valence-electron chi connectivity index (χ2n) is 6.11. The lowest BCUT2D eigenvalue weighted by atomic mass is 10.2. The molecular weight excluding hydrogens is 362 g/mol. The first-order chi connectivity index (χ1) is 12.0. The molecule has 1 fully saturated rings. The maximum atomic E-state index is 12.9. The minimum absolute atomic E-state index is 0.0293. The van der Waals surface area contributed by atoms with Crippen molar-refractivity contribution in [3.8, 4) is 0 Å². The molecule has 3 aromatic rings. The zero-order valence-electron chi connectivity index (χ0n) is 13.4. The highest BCUT2D eigenvalue weighted by molar-refractivity contribution is 7.89. The first-order valence-corrected chi connectivity index (χ1v) is 9.91. The molecule has 4 rings (SSSR count). The monoisotopic (exact) mass is 377 g/mol. The van der Waals surface area contributed by atoms with Gasteiger partial charge in [-0.05, 0) is 37.1 Å². The molecule has 8 heteroatoms. The molecule has 1 aliphatic heterocycles. The smallest absolute Gasteiger partial charge is 0.281 e. The number of halogens is 1. The molecule has 25 heavy (non-hydrogen) atoms. The van der Waals surface area contributed by atoms with Crippen LogP contribution in [0.4, 0.5) is 0 Å². The summed E-state index contributed by atoms with van der Waals surface area (Å²) in [4.78, 5) is 16.4. The summed E-state index contributed by atoms with van der Waals surface area (Å²) in [7, 11) is -3.73. The molecule has 1 aliphatic rings. The average Bonchev–Trinajstić information content (AvgIpc) is 2.62. The number of aromatic nitrogens is 2. The molecule has 1 saturated heterocycles. The van der Waals surface area contributed by atoms with E-state index in [0.29, 0.717) is 24.3 Å². The maximum Gasteiger partial charge on any atom is 0.281 e. The molecule has 2 aromatic heterocycles. The second-order valence-corrected chi connectivity index (χ2v) is 8.42. The highest BCUT2D eigenvalue weighted by Gasteiger charge is 2.28. The lowest BCUT2D eigenvalue weighted by Gasteiger charge is -2.26. The van der Waals surface area contributed by atoms with Gasteiger partial charge in [0.15, 0.2) is 0 Å². The summed E-state index contributed by atoms with van der Waals surface area (Å²) in [5.41, 5.74) is 0.564. The fourth-order valence-electron chi connectivity index (χ4n) is 3.25. The molecule has 0 bridgehead atoms. The molecule has 1 aromatic carbocycles. The second kappa shape index (κ2) is 6.09. The van der Waals surface area contributed by atoms with Gasteiger partial charge >= 0.3 is 0 Å². The van der Waals surface area contributed by atoms with E-state index in [1.54, 1.807) is 22.7 Å². The van der Waals surface area contributed by atoms with Gasteiger partial charge < -0.3 is 4.40 Å². The van der Waals surface area contributed by atoms with Gasteiger partial charge in [-0.1, -0.05) is 24.1 Å². The van der Waals surface area contributed by atoms with Crippen molar-refractivity contribution in [1.82, 2.24) is 13.7 Å². The third kappa shape index (κ3) is 2.72. The van der Waals surface area contributed by atoms with E-state index in [2.05, 4.69) is 4.98 Å². The molecule has 0 atom stereocenters. The Morgan fingerprint density at radius 3 is 2.60 bits per heavy atom. The van der Waals surface area contributed by atoms with Crippen LogP contribution in [0.15, 0.2) is 46.2 Å². The standard InChI is InChI=1S/C17H16ClN3O3S/c18-13-11-14-12(17(22)19-16-6-2-5-9-21(14)16)10-15(13)25(23,24)20-7-3-1-4-8-20/h2,5-6,9-11H,1,3-4,7-8H2. The van der Waals surface area contributed by atoms with Crippen molar-refractivity contribution in [2.45, 2.75) is 24.2 Å². The number of benzene rings is 1. The van der Waals surface area contributed by atoms with Crippen LogP contribution in [0, 0.1) is 0 Å². The van der Waals surface area contributed by atoms with Crippen molar-refractivity contribution < 1.29 is 8.42 Å². The van der Waals surface area contributed by atoms with Crippen molar-refractivity contribution in [3.05, 3.63) is 51.9 Å². The number of nitrogens with zero attached hydrogens (tertiary/aromatic N) is 3. The lowest BCUT2D eigenvalue weighted by molar-refractivity contribution is 0.346. The number of hydrogen-bond donors (Lipinski definition) is 0. The summed E-state index contributed by atoms with van der Waals surface area (Å²) in [6.45, 7) is 0.956. The van der Waals surface area contributed by atoms with E-state index >= 15 is 0 Å². The SMILES string of the molecule is O=c1nc2ccccn2c2cc(Cl)c(S(=O)(=O)N3CCCCC3)cc12. The summed E-state index contributed by atoms with van der Waals surface area (Å²) in [5.74, 6) is 0. The summed E-state index contributed by atoms with van der Waals surface area (Å²) < 4.78 is 29.0. The van der Waals surface area contributed by atoms with Gasteiger partial charge in [0, 0.05) is 19.3 Å². The van der Waals surface area contributed by atoms with Gasteiger partial charge in [0.05, 0.1) is 15.9 Å². The predicted molar refractivity (Wildman–Crippen MR) is 96.6 cm³/mol. The fourth-order valence-corrected chi connectivity index (χ4v) is 5.29. The van der Waals surface area contributed by atoms with Crippen LogP contribution in [-0.2, 0) is 10.0 Å². The Morgan fingerprint density at radius 1 is 1.08 bits per heavy atom. The van der Waals surface area contributed by atoms with Crippen molar-refractivity contribution in [1.29, 1.82) is 0 Å². The molecule has 0 saturated carbocycles. The molecule has 0 unspecified atom stereocenters. The van der Waals surface area contributed by atoms with E-state index < -0.39 is 15.6 Å². The van der Waals surface area contributed by atoms with Crippen molar-refractivity contribution >= 4 is 38.2 Å². The van der Waals surface area contributed by atoms with Crippen LogP contribution in [0.25, 0.3) is 16.6 Å². The Morgan fingerprint density at radius 2 is 1.84 bits per heavy atom. The molecule has 0 amide bonds. The molecular formula is C17H16ClN3O3S. The minimum atomic E-state index is -3.73. The van der Waals surface area contributed by atoms with Gasteiger partial charge in [-0.2, -0.15) is 9.29 Å². The normalized spacial score (nSPS) is 16.5. The first-order valence-electron chi connectivity index (χ1n) is 8.09. The largest absolute Gasteiger partial charge is 0.301 e. The van der Waals surface area contributed by atoms with Gasteiger partial charge in [0.1, 0.15) is 10.5 Å². The van der Waals surface area contributed by atoms with Crippen molar-refractivity contribution in [2.24, 2.45) is 0 Å². The Balaban J connectivity index is 1.97. The maximum absolute atomic E-state index is 12.9. The van der Waals surface area contributed by atoms with Gasteiger partial charge in [-0.25, -0.2) is 8.42 Å². The third-order valence-electron chi connectivity index (χ3n) is 4.53. The number of rotatable bonds is 2. The number of sulfonamides is 1. The van der Waals surface area contributed by atoms with E-state index in [0.717, 1.165) is 19.3 Å². The lowest BCUT2D eigenvalue weighted by Crippen LogP contribution is -2.35. The van der Waals surface area contributed by atoms with E-state index in [1.165, 1.54) is 16.4 Å². The molecule has 0 aliphatic carbocycles. The van der Waals surface area contributed by atoms with E-state index in [1.807, 2.05) is 6.07 Å². The van der Waals surface area contributed by atoms with Crippen molar-refractivity contribution in [3.63, 3.8) is 0 Å². The van der Waals surface area contributed by atoms with E-state index in [4.69, 9.17) is 11.6 Å². The number of pyridine rings is 1. The Bertz CT molecular complexity index is 1140. The Hall–Kier alpha value is -1.96. The van der Waals surface area contributed by atoms with Gasteiger partial charge in [-0.15, -0.1) is 0 Å². The van der Waals surface area contributed by atoms with Crippen LogP contribution in [0.5, 0.6) is 0 Å². The van der Waals surface area contributed by atoms with Crippen LogP contribution < -0.4 is 5.56 Å². The van der Waals surface area contributed by atoms with Crippen LogP contribution in [0.1, 0.15) is 19.3 Å². The first kappa shape index (κ1) is 16.5. The third-order valence-corrected chi connectivity index (χ3v) is 6.89. The van der Waals surface area contributed by atoms with Gasteiger partial charge in [0.25, 0.3) is 5.56 Å². The quantitative estimate of drug-likeness (QED) is 0.644. The summed E-state index contributed by atoms with van der Waals surface area (Å²) in [5, 5.41) is 0.352. The molecule has 0 N–H and O–H groups in total. The predicted octanol–water partition coefficient (Wildman–Crippen LogP) is 2.68. The summed E-state index contributed by atoms with van der Waals surface area (Å²) in [6.07, 6.45) is 4.45. The van der Waals surface area contributed by atoms with Crippen LogP contribution in [0.3, 0.4) is 0 Å². The average molecular weight is 378 g/mol. The summed E-state index contributed by atoms with van der Waals surface area (Å²) >= 11 is 6.32. The zero-order chi connectivity index (χ0) is 17.6. The van der Waals surface area contributed by atoms with Crippen molar-refractivity contribution in [2.75, 3.05) is 13.1 Å². The molecule has 6 nitrogen and oxygen atoms in total. The van der Waals surface area contributed by atoms with Gasteiger partial charge in [0.2, 0.25) is 10.0 Å². The zero-order valence-corrected chi connectivity index (χ0v) is 14.9. The molecule has 3 heterocycles. The molecule has 0 radical (unpaired) electrons. The Labute approximate surface area is 149 Å². The van der Waals surface area contributed by atoms with Crippen LogP contribution in [0.2, 0.25) is 5.02 Å². The van der Waals surface area contributed by atoms with E-state index in [9.17, 15) is 13.2 Å². The van der Waals surface area contributed by atoms with E-state index in [-0.39, 0.29) is 15.3 Å². The Kier molecular flexibility index (Phi) is 4.02. The minimum Gasteiger partial charge on any atom is -0.301 e. The van der Waals surface area contributed by atoms with Crippen LogP contribution in [-0.4, -0.2) is 35.2 Å².